The Labute approximate surface area is 199 Å². The zero-order chi connectivity index (χ0) is 23.7. The monoisotopic (exact) mass is 480 g/mol. The molecule has 0 fully saturated rings. The summed E-state index contributed by atoms with van der Waals surface area (Å²) in [6.45, 7) is 3.70. The number of aryl methyl sites for hydroxylation is 2. The second-order valence-corrected chi connectivity index (χ2v) is 9.12. The molecule has 0 radical (unpaired) electrons. The Bertz CT molecular complexity index is 1350. The molecule has 0 aliphatic rings. The third-order valence-electron chi connectivity index (χ3n) is 5.12. The molecule has 7 heteroatoms. The van der Waals surface area contributed by atoms with E-state index in [-0.39, 0.29) is 11.5 Å². The van der Waals surface area contributed by atoms with Crippen LogP contribution in [0.4, 0.5) is 0 Å². The zero-order valence-electron chi connectivity index (χ0n) is 17.9. The highest BCUT2D eigenvalue weighted by Crippen LogP contribution is 2.43. The predicted octanol–water partition coefficient (Wildman–Crippen LogP) is 6.22. The van der Waals surface area contributed by atoms with Crippen molar-refractivity contribution in [1.82, 2.24) is 0 Å². The highest BCUT2D eigenvalue weighted by Gasteiger charge is 2.24. The van der Waals surface area contributed by atoms with Crippen LogP contribution in [0.1, 0.15) is 31.9 Å². The molecule has 0 aliphatic carbocycles. The number of halogens is 1. The molecular weight excluding hydrogens is 460 g/mol. The lowest BCUT2D eigenvalue weighted by molar-refractivity contribution is 0.00303. The van der Waals surface area contributed by atoms with Crippen molar-refractivity contribution in [2.24, 2.45) is 0 Å². The van der Waals surface area contributed by atoms with Crippen LogP contribution in [0.25, 0.3) is 16.2 Å². The second-order valence-electron chi connectivity index (χ2n) is 7.63. The van der Waals surface area contributed by atoms with Crippen molar-refractivity contribution in [3.8, 4) is 17.2 Å². The van der Waals surface area contributed by atoms with Crippen molar-refractivity contribution in [3.63, 3.8) is 0 Å². The predicted molar refractivity (Wildman–Crippen MR) is 132 cm³/mol. The molecule has 0 unspecified atom stereocenters. The molecule has 168 valence electrons. The van der Waals surface area contributed by atoms with Crippen molar-refractivity contribution < 1.29 is 24.9 Å². The Morgan fingerprint density at radius 3 is 2.33 bits per heavy atom. The van der Waals surface area contributed by atoms with Gasteiger partial charge in [0.15, 0.2) is 12.0 Å². The Morgan fingerprint density at radius 1 is 1.03 bits per heavy atom. The quantitative estimate of drug-likeness (QED) is 0.225. The smallest absolute Gasteiger partial charge is 0.207 e. The maximum absolute atomic E-state index is 13.6. The van der Waals surface area contributed by atoms with Gasteiger partial charge < -0.3 is 20.1 Å². The Morgan fingerprint density at radius 2 is 1.70 bits per heavy atom. The molecule has 0 bridgehead atoms. The average molecular weight is 481 g/mol. The van der Waals surface area contributed by atoms with E-state index in [2.05, 4.69) is 0 Å². The van der Waals surface area contributed by atoms with Gasteiger partial charge in [-0.15, -0.1) is 11.3 Å². The van der Waals surface area contributed by atoms with Gasteiger partial charge in [0, 0.05) is 20.7 Å². The molecule has 33 heavy (non-hydrogen) atoms. The SMILES string of the molecule is Cc1cc(Cl)cc(C)c1C(=O)c1sc2cc(O)ccc2c1Oc1ccc(/C=C/C(O)O)cc1. The van der Waals surface area contributed by atoms with E-state index < -0.39 is 6.29 Å². The van der Waals surface area contributed by atoms with Crippen LogP contribution in [0.15, 0.2) is 60.7 Å². The number of aromatic hydroxyl groups is 1. The van der Waals surface area contributed by atoms with E-state index >= 15 is 0 Å². The van der Waals surface area contributed by atoms with Crippen molar-refractivity contribution in [3.05, 3.63) is 92.8 Å². The molecule has 4 aromatic rings. The molecule has 1 aromatic heterocycles. The maximum Gasteiger partial charge on any atom is 0.207 e. The lowest BCUT2D eigenvalue weighted by atomic mass is 9.98. The number of phenols is 1. The number of carbonyl (C=O) groups is 1. The first-order chi connectivity index (χ1) is 15.7. The minimum absolute atomic E-state index is 0.107. The van der Waals surface area contributed by atoms with E-state index in [1.54, 1.807) is 60.7 Å². The third kappa shape index (κ3) is 4.94. The molecule has 1 heterocycles. The van der Waals surface area contributed by atoms with E-state index in [9.17, 15) is 9.90 Å². The van der Waals surface area contributed by atoms with Gasteiger partial charge in [-0.2, -0.15) is 0 Å². The number of aliphatic hydroxyl groups excluding tert-OH is 1. The minimum atomic E-state index is -1.53. The highest BCUT2D eigenvalue weighted by atomic mass is 35.5. The lowest BCUT2D eigenvalue weighted by Crippen LogP contribution is -2.06. The molecule has 3 aromatic carbocycles. The number of hydrogen-bond donors (Lipinski definition) is 3. The van der Waals surface area contributed by atoms with E-state index in [4.69, 9.17) is 26.6 Å². The van der Waals surface area contributed by atoms with E-state index in [1.807, 2.05) is 13.8 Å². The van der Waals surface area contributed by atoms with Crippen molar-refractivity contribution in [2.75, 3.05) is 0 Å². The first kappa shape index (κ1) is 23.0. The number of benzene rings is 3. The number of ether oxygens (including phenoxy) is 1. The van der Waals surface area contributed by atoms with Gasteiger partial charge in [0.25, 0.3) is 0 Å². The Hall–Kier alpha value is -3.16. The van der Waals surface area contributed by atoms with Crippen LogP contribution in [-0.2, 0) is 0 Å². The standard InChI is InChI=1S/C26H21ClO5S/c1-14-11-17(27)12-15(2)23(14)24(31)26-25(20-9-6-18(28)13-21(20)33-26)32-19-7-3-16(4-8-19)5-10-22(29)30/h3-13,22,28-30H,1-2H3/b10-5+. The van der Waals surface area contributed by atoms with Gasteiger partial charge in [-0.25, -0.2) is 0 Å². The van der Waals surface area contributed by atoms with Gasteiger partial charge in [0.1, 0.15) is 16.4 Å². The lowest BCUT2D eigenvalue weighted by Gasteiger charge is -2.11. The minimum Gasteiger partial charge on any atom is -0.508 e. The van der Waals surface area contributed by atoms with Crippen molar-refractivity contribution in [1.29, 1.82) is 0 Å². The van der Waals surface area contributed by atoms with Gasteiger partial charge in [-0.05, 0) is 79.1 Å². The van der Waals surface area contributed by atoms with Crippen LogP contribution in [0, 0.1) is 13.8 Å². The number of thiophene rings is 1. The molecule has 5 nitrogen and oxygen atoms in total. The molecule has 3 N–H and O–H groups in total. The number of carbonyl (C=O) groups excluding carboxylic acids is 1. The summed E-state index contributed by atoms with van der Waals surface area (Å²) in [5.41, 5.74) is 2.89. The van der Waals surface area contributed by atoms with Crippen LogP contribution < -0.4 is 4.74 Å². The molecule has 0 saturated heterocycles. The molecule has 4 rings (SSSR count). The van der Waals surface area contributed by atoms with Crippen LogP contribution in [0.2, 0.25) is 5.02 Å². The summed E-state index contributed by atoms with van der Waals surface area (Å²) >= 11 is 7.41. The molecule has 0 spiro atoms. The number of rotatable bonds is 6. The van der Waals surface area contributed by atoms with E-state index in [0.29, 0.717) is 27.0 Å². The van der Waals surface area contributed by atoms with Crippen LogP contribution in [0.5, 0.6) is 17.2 Å². The summed E-state index contributed by atoms with van der Waals surface area (Å²) in [5.74, 6) is 0.870. The van der Waals surface area contributed by atoms with E-state index in [1.165, 1.54) is 17.4 Å². The number of fused-ring (bicyclic) bond motifs is 1. The molecule has 0 saturated carbocycles. The van der Waals surface area contributed by atoms with Gasteiger partial charge in [0.05, 0.1) is 0 Å². The fraction of sp³-hybridized carbons (Fsp3) is 0.115. The summed E-state index contributed by atoms with van der Waals surface area (Å²) in [6, 6.07) is 15.4. The first-order valence-corrected chi connectivity index (χ1v) is 11.3. The maximum atomic E-state index is 13.6. The third-order valence-corrected chi connectivity index (χ3v) is 6.47. The summed E-state index contributed by atoms with van der Waals surface area (Å²) in [4.78, 5) is 14.1. The fourth-order valence-electron chi connectivity index (χ4n) is 3.66. The molecular formula is C26H21ClO5S. The largest absolute Gasteiger partial charge is 0.508 e. The Kier molecular flexibility index (Phi) is 6.54. The van der Waals surface area contributed by atoms with Crippen molar-refractivity contribution >= 4 is 44.9 Å². The molecule has 0 aliphatic heterocycles. The zero-order valence-corrected chi connectivity index (χ0v) is 19.4. The van der Waals surface area contributed by atoms with Crippen molar-refractivity contribution in [2.45, 2.75) is 20.1 Å². The van der Waals surface area contributed by atoms with Gasteiger partial charge in [-0.1, -0.05) is 29.8 Å². The summed E-state index contributed by atoms with van der Waals surface area (Å²) in [5, 5.41) is 29.2. The van der Waals surface area contributed by atoms with E-state index in [0.717, 1.165) is 26.8 Å². The van der Waals surface area contributed by atoms with Crippen LogP contribution in [0.3, 0.4) is 0 Å². The topological polar surface area (TPSA) is 87.0 Å². The Balaban J connectivity index is 1.78. The van der Waals surface area contributed by atoms with Gasteiger partial charge in [0.2, 0.25) is 5.78 Å². The highest BCUT2D eigenvalue weighted by molar-refractivity contribution is 7.21. The number of hydrogen-bond acceptors (Lipinski definition) is 6. The van der Waals surface area contributed by atoms with Gasteiger partial charge >= 0.3 is 0 Å². The number of phenolic OH excluding ortho intramolecular Hbond substituents is 1. The molecule has 0 atom stereocenters. The second kappa shape index (κ2) is 9.37. The summed E-state index contributed by atoms with van der Waals surface area (Å²) in [7, 11) is 0. The summed E-state index contributed by atoms with van der Waals surface area (Å²) in [6.07, 6.45) is 1.31. The number of ketones is 1. The normalized spacial score (nSPS) is 11.6. The first-order valence-electron chi connectivity index (χ1n) is 10.1. The van der Waals surface area contributed by atoms with Gasteiger partial charge in [-0.3, -0.25) is 4.79 Å². The fourth-order valence-corrected chi connectivity index (χ4v) is 5.09. The van der Waals surface area contributed by atoms with Crippen LogP contribution >= 0.6 is 22.9 Å². The number of aliphatic hydroxyl groups is 2. The average Bonchev–Trinajstić information content (AvgIpc) is 3.09. The van der Waals surface area contributed by atoms with Crippen LogP contribution in [-0.4, -0.2) is 27.4 Å². The molecule has 0 amide bonds. The summed E-state index contributed by atoms with van der Waals surface area (Å²) < 4.78 is 6.92.